The van der Waals surface area contributed by atoms with Crippen LogP contribution in [0.3, 0.4) is 0 Å². The molecule has 0 nitrogen and oxygen atoms in total. The number of hydrogen-bond acceptors (Lipinski definition) is 0. The third-order valence-electron chi connectivity index (χ3n) is 30.5. The second-order valence-electron chi connectivity index (χ2n) is 45.4. The summed E-state index contributed by atoms with van der Waals surface area (Å²) in [5.41, 5.74) is 10.4. The van der Waals surface area contributed by atoms with Crippen LogP contribution in [0.5, 0.6) is 0 Å². The molecule has 0 aromatic heterocycles. The minimum Gasteiger partial charge on any atom is -0.0999 e. The van der Waals surface area contributed by atoms with Gasteiger partial charge in [-0.2, -0.15) is 0 Å². The van der Waals surface area contributed by atoms with Crippen molar-refractivity contribution in [3.05, 3.63) is 145 Å². The van der Waals surface area contributed by atoms with Crippen LogP contribution < -0.4 is 0 Å². The smallest absolute Gasteiger partial charge is 0.0145 e. The van der Waals surface area contributed by atoms with Crippen LogP contribution in [0.1, 0.15) is 463 Å². The van der Waals surface area contributed by atoms with Crippen LogP contribution in [-0.4, -0.2) is 0 Å². The summed E-state index contributed by atoms with van der Waals surface area (Å²) in [6.45, 7) is 86.5. The molecule has 0 N–H and O–H groups in total. The molecule has 0 heterocycles. The first-order valence-corrected chi connectivity index (χ1v) is 52.7. The molecule has 0 spiro atoms. The van der Waals surface area contributed by atoms with Crippen LogP contribution in [0, 0.1) is 154 Å². The van der Waals surface area contributed by atoms with Gasteiger partial charge in [-0.15, -0.1) is 0 Å². The molecule has 0 aromatic rings. The van der Waals surface area contributed by atoms with E-state index in [4.69, 9.17) is 0 Å². The van der Waals surface area contributed by atoms with E-state index in [1.807, 2.05) is 0 Å². The van der Waals surface area contributed by atoms with Gasteiger partial charge in [0.1, 0.15) is 0 Å². The summed E-state index contributed by atoms with van der Waals surface area (Å²) in [7, 11) is 0. The quantitative estimate of drug-likeness (QED) is 0.135. The third kappa shape index (κ3) is 57.6. The molecule has 0 heteroatoms. The van der Waals surface area contributed by atoms with Crippen molar-refractivity contribution in [3.8, 4) is 0 Å². The normalized spacial score (nSPS) is 27.9. The maximum Gasteiger partial charge on any atom is -0.0145 e. The molecule has 12 aliphatic carbocycles. The Morgan fingerprint density at radius 1 is 0.233 bits per heavy atom. The molecule has 12 aliphatic rings. The van der Waals surface area contributed by atoms with Gasteiger partial charge in [-0.05, 0) is 386 Å². The van der Waals surface area contributed by atoms with Crippen LogP contribution in [0.25, 0.3) is 0 Å². The molecular weight excluding hydrogens is 1440 g/mol. The van der Waals surface area contributed by atoms with Gasteiger partial charge in [-0.3, -0.25) is 0 Å². The highest BCUT2D eigenvalue weighted by Gasteiger charge is 2.30. The maximum atomic E-state index is 4.11. The fourth-order valence-corrected chi connectivity index (χ4v) is 19.4. The fourth-order valence-electron chi connectivity index (χ4n) is 19.4. The van der Waals surface area contributed by atoms with Gasteiger partial charge >= 0.3 is 0 Å². The van der Waals surface area contributed by atoms with Crippen molar-refractivity contribution in [2.24, 2.45) is 154 Å². The zero-order chi connectivity index (χ0) is 90.2. The molecule has 0 amide bonds. The van der Waals surface area contributed by atoms with E-state index in [0.717, 1.165) is 154 Å². The van der Waals surface area contributed by atoms with Gasteiger partial charge in [-0.1, -0.05) is 377 Å². The van der Waals surface area contributed by atoms with Gasteiger partial charge in [0.15, 0.2) is 0 Å². The van der Waals surface area contributed by atoms with E-state index in [9.17, 15) is 0 Å². The predicted octanol–water partition coefficient (Wildman–Crippen LogP) is 40.4. The Morgan fingerprint density at radius 3 is 0.933 bits per heavy atom. The topological polar surface area (TPSA) is 0 Å². The largest absolute Gasteiger partial charge is 0.0999 e. The summed E-state index contributed by atoms with van der Waals surface area (Å²) < 4.78 is 0. The molecule has 0 radical (unpaired) electrons. The first-order valence-electron chi connectivity index (χ1n) is 52.7. The van der Waals surface area contributed by atoms with Gasteiger partial charge in [0, 0.05) is 0 Å². The summed E-state index contributed by atoms with van der Waals surface area (Å²) in [4.78, 5) is 0. The van der Waals surface area contributed by atoms with E-state index in [1.54, 1.807) is 5.57 Å². The molecule has 0 saturated heterocycles. The van der Waals surface area contributed by atoms with Gasteiger partial charge in [-0.25, -0.2) is 0 Å². The zero-order valence-electron chi connectivity index (χ0n) is 86.5. The van der Waals surface area contributed by atoms with Crippen LogP contribution in [0.15, 0.2) is 145 Å². The van der Waals surface area contributed by atoms with Gasteiger partial charge in [0.2, 0.25) is 0 Å². The minimum absolute atomic E-state index is 0.812. The van der Waals surface area contributed by atoms with Crippen LogP contribution >= 0.6 is 0 Å². The zero-order valence-corrected chi connectivity index (χ0v) is 86.5. The lowest BCUT2D eigenvalue weighted by molar-refractivity contribution is 0.310. The summed E-state index contributed by atoms with van der Waals surface area (Å²) >= 11 is 0. The minimum atomic E-state index is 0.812. The van der Waals surface area contributed by atoms with Gasteiger partial charge in [0.25, 0.3) is 0 Å². The van der Waals surface area contributed by atoms with Crippen LogP contribution in [0.4, 0.5) is 0 Å². The van der Waals surface area contributed by atoms with Crippen molar-refractivity contribution in [3.63, 3.8) is 0 Å². The summed E-state index contributed by atoms with van der Waals surface area (Å²) in [5, 5.41) is 0. The molecule has 696 valence electrons. The maximum absolute atomic E-state index is 4.11. The highest BCUT2D eigenvalue weighted by atomic mass is 14.4. The summed E-state index contributed by atoms with van der Waals surface area (Å²) in [6, 6.07) is 0. The fraction of sp³-hybridized carbons (Fsp3) is 0.800. The number of allylic oxidation sites excluding steroid dienone is 18. The van der Waals surface area contributed by atoms with Crippen molar-refractivity contribution >= 4 is 0 Å². The molecule has 12 rings (SSSR count). The Bertz CT molecular complexity index is 2770. The lowest BCUT2D eigenvalue weighted by Gasteiger charge is -2.31. The molecule has 12 atom stereocenters. The van der Waals surface area contributed by atoms with E-state index in [-0.39, 0.29) is 0 Å². The van der Waals surface area contributed by atoms with E-state index in [0.29, 0.717) is 0 Å². The molecule has 12 unspecified atom stereocenters. The Kier molecular flexibility index (Phi) is 65.2. The second kappa shape index (κ2) is 68.1. The molecular formula is C120H216. The third-order valence-corrected chi connectivity index (χ3v) is 30.5. The molecule has 6 fully saturated rings. The molecule has 0 aromatic carbocycles. The number of hydrogen-bond donors (Lipinski definition) is 0. The van der Waals surface area contributed by atoms with Crippen molar-refractivity contribution in [1.29, 1.82) is 0 Å². The number of rotatable bonds is 12. The Labute approximate surface area is 757 Å². The van der Waals surface area contributed by atoms with Crippen molar-refractivity contribution < 1.29 is 0 Å². The second-order valence-corrected chi connectivity index (χ2v) is 45.4. The first-order chi connectivity index (χ1) is 56.7. The Morgan fingerprint density at radius 2 is 0.575 bits per heavy atom. The SMILES string of the molecule is C=C1CC(C(C)C)C1.C=C1CC1C(C)C.C=C1CCC(C(C)C)C1.C=C1CCC(C(C)C)CC1.C=C1CCCC(C(C)C)CC1.C=C1CCCCC(C(C)C)CC1.CC(C)C1/C=C\CCCCC1.CC(C)C1C=CCCCC1.CC(C)C1CC=CCC1.CC1/C=C\C(C(C)C)CCCC1.CC1=CCC(C(C)C)CC1.CC1C=CC(C(C)C)CCC1. The summed E-state index contributed by atoms with van der Waals surface area (Å²) in [6.07, 6.45) is 84.9. The van der Waals surface area contributed by atoms with Gasteiger partial charge in [0.05, 0.1) is 0 Å². The highest BCUT2D eigenvalue weighted by Crippen LogP contribution is 2.42. The molecule has 0 bridgehead atoms. The predicted molar refractivity (Wildman–Crippen MR) is 551 cm³/mol. The van der Waals surface area contributed by atoms with Crippen molar-refractivity contribution in [2.75, 3.05) is 0 Å². The van der Waals surface area contributed by atoms with Gasteiger partial charge < -0.3 is 0 Å². The van der Waals surface area contributed by atoms with E-state index >= 15 is 0 Å². The van der Waals surface area contributed by atoms with Crippen molar-refractivity contribution in [2.45, 2.75) is 463 Å². The van der Waals surface area contributed by atoms with E-state index in [1.165, 1.54) is 310 Å². The Hall–Kier alpha value is -3.12. The Balaban J connectivity index is 0.000000656. The average Bonchev–Trinajstić information content (AvgIpc) is 1.66. The van der Waals surface area contributed by atoms with Crippen LogP contribution in [0.2, 0.25) is 0 Å². The van der Waals surface area contributed by atoms with Crippen LogP contribution in [-0.2, 0) is 0 Å². The molecule has 6 saturated carbocycles. The lowest BCUT2D eigenvalue weighted by Crippen LogP contribution is -2.19. The average molecular weight is 1660 g/mol. The lowest BCUT2D eigenvalue weighted by atomic mass is 9.74. The van der Waals surface area contributed by atoms with Crippen molar-refractivity contribution in [1.82, 2.24) is 0 Å². The highest BCUT2D eigenvalue weighted by molar-refractivity contribution is 5.19. The first kappa shape index (κ1) is 115. The standard InChI is InChI=1S/2C12H22.3C11H20.3C10H18.2C9H16.C8H14.C7H12/c2*1-10(2)12-7-5-4-6-11(3)8-9-12;2*1-9(2)11-6-4-5-10(3)7-8-11;1-10(2)11-8-6-4-3-5-7-9-11;2*1-8(2)10-6-4-9(3)5-7-10;1-9(2)10-7-5-3-4-6-8-10;1-7(2)9-5-4-8(3)6-9;1-8(2)9-6-4-3-5-7-9;1-6(2)8-4-7(3)5-8;1-5(2)7-4-6(7)3/h8-12H,4-7H2,1-3H3;10,12H,3-9H2,1-2H3;7-11H,4-6H2,1-3H3;9,11H,3-8H2,1-2H3;6,8,10-11H,3-5,7,9H2,1-2H3;4,8,10H,5-7H2,1-3H3;8,10H,3-7H2,1-2H3;5,7,9-10H,3-4,6,8H2,1-2H3;7,9H,3-6H2,1-2H3;3-4,8-9H,5-7H2,1-2H3;6,8H,3-5H2,1-2H3;5,7H,3-4H2,1-2H3/b9-8-;;;;8-6-;;;;;;;. The van der Waals surface area contributed by atoms with E-state index < -0.39 is 0 Å². The molecule has 0 aliphatic heterocycles. The summed E-state index contributed by atoms with van der Waals surface area (Å²) in [5.74, 6) is 23.0. The monoisotopic (exact) mass is 1660 g/mol. The molecule has 120 heavy (non-hydrogen) atoms. The van der Waals surface area contributed by atoms with E-state index in [2.05, 4.69) is 293 Å².